The van der Waals surface area contributed by atoms with E-state index in [2.05, 4.69) is 5.32 Å². The van der Waals surface area contributed by atoms with Gasteiger partial charge in [0.2, 0.25) is 0 Å². The third-order valence-electron chi connectivity index (χ3n) is 3.63. The molecular formula is C14H19F2NO2S. The summed E-state index contributed by atoms with van der Waals surface area (Å²) >= 11 is 0. The van der Waals surface area contributed by atoms with E-state index in [1.807, 2.05) is 6.92 Å². The maximum Gasteiger partial charge on any atom is 0.150 e. The maximum absolute atomic E-state index is 13.3. The minimum absolute atomic E-state index is 0.0513. The number of halogens is 2. The van der Waals surface area contributed by atoms with Gasteiger partial charge in [-0.05, 0) is 43.0 Å². The molecule has 2 unspecified atom stereocenters. The molecule has 1 N–H and O–H groups in total. The summed E-state index contributed by atoms with van der Waals surface area (Å²) in [6, 6.07) is 3.23. The topological polar surface area (TPSA) is 46.2 Å². The Morgan fingerprint density at radius 2 is 1.95 bits per heavy atom. The fourth-order valence-electron chi connectivity index (χ4n) is 2.75. The van der Waals surface area contributed by atoms with Crippen molar-refractivity contribution in [1.82, 2.24) is 5.32 Å². The number of hydrogen-bond acceptors (Lipinski definition) is 3. The van der Waals surface area contributed by atoms with Crippen molar-refractivity contribution in [2.75, 3.05) is 18.1 Å². The average Bonchev–Trinajstić information content (AvgIpc) is 2.67. The Morgan fingerprint density at radius 1 is 1.30 bits per heavy atom. The molecule has 0 radical (unpaired) electrons. The molecule has 0 spiro atoms. The molecule has 1 aromatic carbocycles. The first-order valence-corrected chi connectivity index (χ1v) is 8.61. The molecule has 3 nitrogen and oxygen atoms in total. The van der Waals surface area contributed by atoms with Gasteiger partial charge in [0.15, 0.2) is 9.84 Å². The van der Waals surface area contributed by atoms with Gasteiger partial charge in [0.25, 0.3) is 0 Å². The number of rotatable bonds is 5. The van der Waals surface area contributed by atoms with Crippen molar-refractivity contribution in [3.63, 3.8) is 0 Å². The van der Waals surface area contributed by atoms with Crippen molar-refractivity contribution in [3.05, 3.63) is 35.4 Å². The molecule has 0 saturated carbocycles. The molecule has 2 rings (SSSR count). The van der Waals surface area contributed by atoms with Crippen LogP contribution in [-0.2, 0) is 9.84 Å². The molecule has 0 bridgehead atoms. The number of hydrogen-bond donors (Lipinski definition) is 1. The van der Waals surface area contributed by atoms with Crippen LogP contribution < -0.4 is 5.32 Å². The molecule has 6 heteroatoms. The molecule has 1 aliphatic heterocycles. The largest absolute Gasteiger partial charge is 0.310 e. The van der Waals surface area contributed by atoms with Crippen LogP contribution in [0.15, 0.2) is 18.2 Å². The standard InChI is InChI=1S/C14H19F2NO2S/c1-2-17-14(5-10-3-4-20(18,19)9-10)11-6-12(15)8-13(16)7-11/h6-8,10,14,17H,2-5,9H2,1H3. The molecular weight excluding hydrogens is 284 g/mol. The lowest BCUT2D eigenvalue weighted by atomic mass is 9.94. The van der Waals surface area contributed by atoms with E-state index in [1.165, 1.54) is 12.1 Å². The highest BCUT2D eigenvalue weighted by Crippen LogP contribution is 2.29. The molecule has 0 aromatic heterocycles. The van der Waals surface area contributed by atoms with Crippen LogP contribution in [0.5, 0.6) is 0 Å². The second kappa shape index (κ2) is 6.18. The Morgan fingerprint density at radius 3 is 2.45 bits per heavy atom. The highest BCUT2D eigenvalue weighted by atomic mass is 32.2. The van der Waals surface area contributed by atoms with Crippen molar-refractivity contribution in [2.45, 2.75) is 25.8 Å². The summed E-state index contributed by atoms with van der Waals surface area (Å²) in [5.74, 6) is -0.778. The van der Waals surface area contributed by atoms with Gasteiger partial charge in [-0.3, -0.25) is 0 Å². The van der Waals surface area contributed by atoms with Crippen LogP contribution in [0, 0.1) is 17.6 Å². The van der Waals surface area contributed by atoms with E-state index >= 15 is 0 Å². The van der Waals surface area contributed by atoms with Gasteiger partial charge in [0.05, 0.1) is 11.5 Å². The Kier molecular flexibility index (Phi) is 4.75. The van der Waals surface area contributed by atoms with Gasteiger partial charge in [0.1, 0.15) is 11.6 Å². The lowest BCUT2D eigenvalue weighted by Gasteiger charge is -2.21. The smallest absolute Gasteiger partial charge is 0.150 e. The van der Waals surface area contributed by atoms with Crippen LogP contribution in [0.3, 0.4) is 0 Å². The molecule has 1 aromatic rings. The number of benzene rings is 1. The SMILES string of the molecule is CCNC(CC1CCS(=O)(=O)C1)c1cc(F)cc(F)c1. The molecule has 20 heavy (non-hydrogen) atoms. The number of sulfone groups is 1. The van der Waals surface area contributed by atoms with E-state index in [0.29, 0.717) is 24.9 Å². The summed E-state index contributed by atoms with van der Waals surface area (Å²) in [5.41, 5.74) is 0.536. The molecule has 1 heterocycles. The lowest BCUT2D eigenvalue weighted by molar-refractivity contribution is 0.418. The first kappa shape index (κ1) is 15.4. The second-order valence-corrected chi connectivity index (χ2v) is 7.55. The van der Waals surface area contributed by atoms with E-state index in [0.717, 1.165) is 6.07 Å². The fourth-order valence-corrected chi connectivity index (χ4v) is 4.63. The second-order valence-electron chi connectivity index (χ2n) is 5.32. The first-order valence-electron chi connectivity index (χ1n) is 6.79. The summed E-state index contributed by atoms with van der Waals surface area (Å²) < 4.78 is 49.6. The molecule has 1 aliphatic rings. The van der Waals surface area contributed by atoms with E-state index in [-0.39, 0.29) is 23.5 Å². The zero-order chi connectivity index (χ0) is 14.8. The molecule has 0 aliphatic carbocycles. The fraction of sp³-hybridized carbons (Fsp3) is 0.571. The van der Waals surface area contributed by atoms with Crippen molar-refractivity contribution in [2.24, 2.45) is 5.92 Å². The van der Waals surface area contributed by atoms with Crippen molar-refractivity contribution in [3.8, 4) is 0 Å². The summed E-state index contributed by atoms with van der Waals surface area (Å²) in [6.07, 6.45) is 1.21. The van der Waals surface area contributed by atoms with Gasteiger partial charge in [-0.15, -0.1) is 0 Å². The lowest BCUT2D eigenvalue weighted by Crippen LogP contribution is -2.24. The van der Waals surface area contributed by atoms with Crippen molar-refractivity contribution in [1.29, 1.82) is 0 Å². The Balaban J connectivity index is 2.14. The quantitative estimate of drug-likeness (QED) is 0.909. The highest BCUT2D eigenvalue weighted by Gasteiger charge is 2.30. The van der Waals surface area contributed by atoms with Gasteiger partial charge in [-0.1, -0.05) is 6.92 Å². The van der Waals surface area contributed by atoms with E-state index in [9.17, 15) is 17.2 Å². The predicted molar refractivity (Wildman–Crippen MR) is 74.2 cm³/mol. The third kappa shape index (κ3) is 3.99. The zero-order valence-electron chi connectivity index (χ0n) is 11.4. The van der Waals surface area contributed by atoms with Gasteiger partial charge < -0.3 is 5.32 Å². The molecule has 2 atom stereocenters. The van der Waals surface area contributed by atoms with E-state index in [4.69, 9.17) is 0 Å². The molecule has 0 amide bonds. The minimum Gasteiger partial charge on any atom is -0.310 e. The highest BCUT2D eigenvalue weighted by molar-refractivity contribution is 7.91. The normalized spacial score (nSPS) is 22.9. The number of nitrogens with one attached hydrogen (secondary N) is 1. The predicted octanol–water partition coefficient (Wildman–Crippen LogP) is 2.44. The zero-order valence-corrected chi connectivity index (χ0v) is 12.2. The van der Waals surface area contributed by atoms with Crippen LogP contribution in [0.1, 0.15) is 31.4 Å². The van der Waals surface area contributed by atoms with Gasteiger partial charge >= 0.3 is 0 Å². The van der Waals surface area contributed by atoms with Crippen LogP contribution in [-0.4, -0.2) is 26.5 Å². The van der Waals surface area contributed by atoms with E-state index in [1.54, 1.807) is 0 Å². The van der Waals surface area contributed by atoms with Gasteiger partial charge in [-0.2, -0.15) is 0 Å². The third-order valence-corrected chi connectivity index (χ3v) is 5.47. The maximum atomic E-state index is 13.3. The Bertz CT molecular complexity index is 554. The summed E-state index contributed by atoms with van der Waals surface area (Å²) in [6.45, 7) is 2.57. The Hall–Kier alpha value is -1.01. The summed E-state index contributed by atoms with van der Waals surface area (Å²) in [7, 11) is -2.93. The van der Waals surface area contributed by atoms with Crippen molar-refractivity contribution >= 4 is 9.84 Å². The van der Waals surface area contributed by atoms with Crippen molar-refractivity contribution < 1.29 is 17.2 Å². The van der Waals surface area contributed by atoms with Crippen LogP contribution in [0.25, 0.3) is 0 Å². The van der Waals surface area contributed by atoms with E-state index < -0.39 is 21.5 Å². The van der Waals surface area contributed by atoms with Crippen LogP contribution >= 0.6 is 0 Å². The molecule has 1 fully saturated rings. The van der Waals surface area contributed by atoms with Crippen LogP contribution in [0.2, 0.25) is 0 Å². The first-order chi connectivity index (χ1) is 9.39. The minimum atomic E-state index is -2.93. The molecule has 1 saturated heterocycles. The average molecular weight is 303 g/mol. The summed E-state index contributed by atoms with van der Waals surface area (Å²) in [4.78, 5) is 0. The summed E-state index contributed by atoms with van der Waals surface area (Å²) in [5, 5.41) is 3.18. The van der Waals surface area contributed by atoms with Gasteiger partial charge in [-0.25, -0.2) is 17.2 Å². The monoisotopic (exact) mass is 303 g/mol. The van der Waals surface area contributed by atoms with Crippen LogP contribution in [0.4, 0.5) is 8.78 Å². The Labute approximate surface area is 118 Å². The van der Waals surface area contributed by atoms with Gasteiger partial charge in [0, 0.05) is 12.1 Å². The molecule has 112 valence electrons.